The highest BCUT2D eigenvalue weighted by atomic mass is 16.4. The number of carbonyl (C=O) groups excluding carboxylic acids is 1. The number of carboxylic acid groups (broad SMARTS) is 1. The van der Waals surface area contributed by atoms with Gasteiger partial charge < -0.3 is 10.4 Å². The van der Waals surface area contributed by atoms with E-state index in [1.807, 2.05) is 13.8 Å². The van der Waals surface area contributed by atoms with E-state index in [1.54, 1.807) is 24.1 Å². The van der Waals surface area contributed by atoms with E-state index in [0.29, 0.717) is 6.42 Å². The van der Waals surface area contributed by atoms with Crippen LogP contribution >= 0.6 is 0 Å². The Kier molecular flexibility index (Phi) is 4.88. The number of nitrogens with one attached hydrogen (secondary N) is 1. The number of carbonyl (C=O) groups is 2. The van der Waals surface area contributed by atoms with Gasteiger partial charge in [0.15, 0.2) is 0 Å². The number of carboxylic acids is 1. The third-order valence-electron chi connectivity index (χ3n) is 2.46. The van der Waals surface area contributed by atoms with Gasteiger partial charge in [0.2, 0.25) is 5.91 Å². The molecule has 1 aromatic heterocycles. The molecule has 1 heterocycles. The zero-order valence-corrected chi connectivity index (χ0v) is 10.9. The van der Waals surface area contributed by atoms with Gasteiger partial charge in [-0.15, -0.1) is 0 Å². The highest BCUT2D eigenvalue weighted by Crippen LogP contribution is 2.06. The standard InChI is InChI=1S/C12H19N3O3/c1-8(2)4-10(12(17)18)14-11(16)5-9-6-13-15(3)7-9/h6-8,10H,4-5H2,1-3H3,(H,14,16)(H,17,18)/t10-/m1/s1. The first-order chi connectivity index (χ1) is 8.38. The summed E-state index contributed by atoms with van der Waals surface area (Å²) in [7, 11) is 1.76. The summed E-state index contributed by atoms with van der Waals surface area (Å²) in [6, 6.07) is -0.825. The average molecular weight is 253 g/mol. The summed E-state index contributed by atoms with van der Waals surface area (Å²) in [5.74, 6) is -1.08. The molecule has 100 valence electrons. The zero-order valence-electron chi connectivity index (χ0n) is 10.9. The number of aryl methyl sites for hydroxylation is 1. The minimum Gasteiger partial charge on any atom is -0.480 e. The highest BCUT2D eigenvalue weighted by molar-refractivity contribution is 5.84. The Hall–Kier alpha value is -1.85. The molecule has 6 heteroatoms. The van der Waals surface area contributed by atoms with Gasteiger partial charge in [0.05, 0.1) is 12.6 Å². The maximum Gasteiger partial charge on any atom is 0.326 e. The van der Waals surface area contributed by atoms with Crippen molar-refractivity contribution in [2.75, 3.05) is 0 Å². The van der Waals surface area contributed by atoms with Crippen LogP contribution in [0.1, 0.15) is 25.8 Å². The predicted molar refractivity (Wildman–Crippen MR) is 65.9 cm³/mol. The van der Waals surface area contributed by atoms with Crippen LogP contribution in [0.4, 0.5) is 0 Å². The van der Waals surface area contributed by atoms with Gasteiger partial charge in [-0.05, 0) is 17.9 Å². The lowest BCUT2D eigenvalue weighted by atomic mass is 10.0. The SMILES string of the molecule is CC(C)C[C@@H](NC(=O)Cc1cnn(C)c1)C(=O)O. The summed E-state index contributed by atoms with van der Waals surface area (Å²) < 4.78 is 1.60. The molecule has 1 amide bonds. The van der Waals surface area contributed by atoms with Gasteiger partial charge in [0.1, 0.15) is 6.04 Å². The van der Waals surface area contributed by atoms with Crippen molar-refractivity contribution in [1.29, 1.82) is 0 Å². The maximum atomic E-state index is 11.7. The normalized spacial score (nSPS) is 12.4. The summed E-state index contributed by atoms with van der Waals surface area (Å²) in [5.41, 5.74) is 0.767. The van der Waals surface area contributed by atoms with Crippen molar-refractivity contribution >= 4 is 11.9 Å². The number of amides is 1. The number of aromatic nitrogens is 2. The van der Waals surface area contributed by atoms with E-state index < -0.39 is 12.0 Å². The molecular formula is C12H19N3O3. The molecule has 0 saturated heterocycles. The molecule has 1 aromatic rings. The van der Waals surface area contributed by atoms with Crippen molar-refractivity contribution in [2.45, 2.75) is 32.7 Å². The van der Waals surface area contributed by atoms with Crippen molar-refractivity contribution in [2.24, 2.45) is 13.0 Å². The molecule has 0 bridgehead atoms. The van der Waals surface area contributed by atoms with Crippen LogP contribution < -0.4 is 5.32 Å². The van der Waals surface area contributed by atoms with E-state index >= 15 is 0 Å². The number of hydrogen-bond acceptors (Lipinski definition) is 3. The maximum absolute atomic E-state index is 11.7. The minimum atomic E-state index is -0.997. The molecule has 0 aliphatic rings. The van der Waals surface area contributed by atoms with Gasteiger partial charge in [-0.3, -0.25) is 9.48 Å². The second-order valence-corrected chi connectivity index (χ2v) is 4.79. The van der Waals surface area contributed by atoms with Crippen molar-refractivity contribution in [3.8, 4) is 0 Å². The first kappa shape index (κ1) is 14.2. The summed E-state index contributed by atoms with van der Waals surface area (Å²) >= 11 is 0. The lowest BCUT2D eigenvalue weighted by Gasteiger charge is -2.16. The van der Waals surface area contributed by atoms with Crippen molar-refractivity contribution in [3.63, 3.8) is 0 Å². The molecule has 2 N–H and O–H groups in total. The van der Waals surface area contributed by atoms with E-state index in [2.05, 4.69) is 10.4 Å². The Labute approximate surface area is 106 Å². The molecule has 0 spiro atoms. The Balaban J connectivity index is 2.53. The van der Waals surface area contributed by atoms with Crippen LogP contribution in [-0.4, -0.2) is 32.8 Å². The number of aliphatic carboxylic acids is 1. The molecule has 1 atom stereocenters. The van der Waals surface area contributed by atoms with E-state index in [1.165, 1.54) is 0 Å². The Bertz CT molecular complexity index is 426. The fourth-order valence-corrected chi connectivity index (χ4v) is 1.69. The third-order valence-corrected chi connectivity index (χ3v) is 2.46. The first-order valence-corrected chi connectivity index (χ1v) is 5.88. The Morgan fingerprint density at radius 2 is 2.17 bits per heavy atom. The number of rotatable bonds is 6. The second-order valence-electron chi connectivity index (χ2n) is 4.79. The summed E-state index contributed by atoms with van der Waals surface area (Å²) in [5, 5.41) is 15.5. The summed E-state index contributed by atoms with van der Waals surface area (Å²) in [4.78, 5) is 22.7. The summed E-state index contributed by atoms with van der Waals surface area (Å²) in [6.45, 7) is 3.84. The zero-order chi connectivity index (χ0) is 13.7. The molecule has 6 nitrogen and oxygen atoms in total. The predicted octanol–water partition coefficient (Wildman–Crippen LogP) is 0.578. The van der Waals surface area contributed by atoms with E-state index in [0.717, 1.165) is 5.56 Å². The highest BCUT2D eigenvalue weighted by Gasteiger charge is 2.21. The van der Waals surface area contributed by atoms with Crippen LogP contribution in [0.2, 0.25) is 0 Å². The second kappa shape index (κ2) is 6.18. The molecule has 0 radical (unpaired) electrons. The van der Waals surface area contributed by atoms with Crippen molar-refractivity contribution in [1.82, 2.24) is 15.1 Å². The molecule has 0 aromatic carbocycles. The number of nitrogens with zero attached hydrogens (tertiary/aromatic N) is 2. The van der Waals surface area contributed by atoms with Crippen molar-refractivity contribution in [3.05, 3.63) is 18.0 Å². The van der Waals surface area contributed by atoms with Gasteiger partial charge in [0, 0.05) is 13.2 Å². The van der Waals surface area contributed by atoms with Crippen LogP contribution in [-0.2, 0) is 23.1 Å². The van der Waals surface area contributed by atoms with Crippen molar-refractivity contribution < 1.29 is 14.7 Å². The van der Waals surface area contributed by atoms with Crippen LogP contribution in [0.15, 0.2) is 12.4 Å². The number of hydrogen-bond donors (Lipinski definition) is 2. The van der Waals surface area contributed by atoms with Crippen LogP contribution in [0, 0.1) is 5.92 Å². The lowest BCUT2D eigenvalue weighted by Crippen LogP contribution is -2.42. The lowest BCUT2D eigenvalue weighted by molar-refractivity contribution is -0.142. The fourth-order valence-electron chi connectivity index (χ4n) is 1.69. The van der Waals surface area contributed by atoms with Gasteiger partial charge >= 0.3 is 5.97 Å². The molecule has 0 aliphatic heterocycles. The average Bonchev–Trinajstić information content (AvgIpc) is 2.62. The van der Waals surface area contributed by atoms with Crippen LogP contribution in [0.25, 0.3) is 0 Å². The fraction of sp³-hybridized carbons (Fsp3) is 0.583. The topological polar surface area (TPSA) is 84.2 Å². The quantitative estimate of drug-likeness (QED) is 0.776. The molecule has 1 rings (SSSR count). The molecule has 18 heavy (non-hydrogen) atoms. The molecule has 0 unspecified atom stereocenters. The minimum absolute atomic E-state index is 0.149. The van der Waals surface area contributed by atoms with Gasteiger partial charge in [-0.25, -0.2) is 4.79 Å². The largest absolute Gasteiger partial charge is 0.480 e. The Morgan fingerprint density at radius 3 is 2.61 bits per heavy atom. The molecule has 0 saturated carbocycles. The smallest absolute Gasteiger partial charge is 0.326 e. The van der Waals surface area contributed by atoms with Gasteiger partial charge in [0.25, 0.3) is 0 Å². The van der Waals surface area contributed by atoms with E-state index in [-0.39, 0.29) is 18.2 Å². The van der Waals surface area contributed by atoms with Crippen LogP contribution in [0.5, 0.6) is 0 Å². The van der Waals surface area contributed by atoms with E-state index in [9.17, 15) is 9.59 Å². The summed E-state index contributed by atoms with van der Waals surface area (Å²) in [6.07, 6.45) is 3.90. The molecule has 0 aliphatic carbocycles. The molecule has 0 fully saturated rings. The first-order valence-electron chi connectivity index (χ1n) is 5.88. The van der Waals surface area contributed by atoms with Gasteiger partial charge in [-0.1, -0.05) is 13.8 Å². The third kappa shape index (κ3) is 4.57. The molecular weight excluding hydrogens is 234 g/mol. The van der Waals surface area contributed by atoms with Crippen LogP contribution in [0.3, 0.4) is 0 Å². The Morgan fingerprint density at radius 1 is 1.50 bits per heavy atom. The van der Waals surface area contributed by atoms with E-state index in [4.69, 9.17) is 5.11 Å². The monoisotopic (exact) mass is 253 g/mol. The van der Waals surface area contributed by atoms with Gasteiger partial charge in [-0.2, -0.15) is 5.10 Å².